The van der Waals surface area contributed by atoms with Crippen LogP contribution >= 0.6 is 11.8 Å². The van der Waals surface area contributed by atoms with Crippen molar-refractivity contribution < 1.29 is 9.90 Å². The van der Waals surface area contributed by atoms with Crippen LogP contribution in [0.15, 0.2) is 53.4 Å². The number of hydrogen-bond acceptors (Lipinski definition) is 3. The highest BCUT2D eigenvalue weighted by atomic mass is 32.2. The fourth-order valence-corrected chi connectivity index (χ4v) is 2.92. The Balaban J connectivity index is 1.94. The molecule has 0 radical (unpaired) electrons. The zero-order valence-corrected chi connectivity index (χ0v) is 13.7. The lowest BCUT2D eigenvalue weighted by molar-refractivity contribution is -0.118. The number of benzene rings is 2. The molecular formula is C18H21NO2S. The van der Waals surface area contributed by atoms with Gasteiger partial charge in [0.1, 0.15) is 0 Å². The van der Waals surface area contributed by atoms with Gasteiger partial charge in [-0.25, -0.2) is 0 Å². The maximum Gasteiger partial charge on any atom is 0.228 e. The number of aliphatic hydroxyl groups excluding tert-OH is 1. The van der Waals surface area contributed by atoms with Crippen molar-refractivity contribution >= 4 is 23.4 Å². The minimum absolute atomic E-state index is 0.00150. The topological polar surface area (TPSA) is 49.3 Å². The van der Waals surface area contributed by atoms with Crippen LogP contribution in [0.4, 0.5) is 5.69 Å². The zero-order chi connectivity index (χ0) is 15.9. The number of rotatable bonds is 6. The van der Waals surface area contributed by atoms with Gasteiger partial charge < -0.3 is 10.4 Å². The van der Waals surface area contributed by atoms with Gasteiger partial charge in [-0.3, -0.25) is 4.79 Å². The second-order valence-corrected chi connectivity index (χ2v) is 6.42. The van der Waals surface area contributed by atoms with Crippen molar-refractivity contribution in [1.82, 2.24) is 0 Å². The molecule has 2 aromatic carbocycles. The van der Waals surface area contributed by atoms with Crippen LogP contribution in [-0.4, -0.2) is 16.8 Å². The molecule has 1 amide bonds. The minimum atomic E-state index is -0.0950. The summed E-state index contributed by atoms with van der Waals surface area (Å²) < 4.78 is 0. The Bertz CT molecular complexity index is 628. The maximum atomic E-state index is 12.3. The van der Waals surface area contributed by atoms with Gasteiger partial charge in [0.05, 0.1) is 6.61 Å². The molecule has 22 heavy (non-hydrogen) atoms. The Morgan fingerprint density at radius 1 is 1.23 bits per heavy atom. The second-order valence-electron chi connectivity index (χ2n) is 5.32. The summed E-state index contributed by atoms with van der Waals surface area (Å²) in [5.41, 5.74) is 2.56. The van der Waals surface area contributed by atoms with Gasteiger partial charge >= 0.3 is 0 Å². The highest BCUT2D eigenvalue weighted by Gasteiger charge is 2.14. The summed E-state index contributed by atoms with van der Waals surface area (Å²) in [4.78, 5) is 13.5. The van der Waals surface area contributed by atoms with Gasteiger partial charge in [0.15, 0.2) is 0 Å². The molecule has 2 rings (SSSR count). The lowest BCUT2D eigenvalue weighted by atomic mass is 10.1. The van der Waals surface area contributed by atoms with Crippen LogP contribution < -0.4 is 5.32 Å². The number of hydrogen-bond donors (Lipinski definition) is 2. The molecule has 1 unspecified atom stereocenters. The lowest BCUT2D eigenvalue weighted by Crippen LogP contribution is -2.22. The third-order valence-corrected chi connectivity index (χ3v) is 4.71. The molecule has 0 fully saturated rings. The summed E-state index contributed by atoms with van der Waals surface area (Å²) >= 11 is 1.68. The van der Waals surface area contributed by atoms with Crippen LogP contribution in [0.1, 0.15) is 18.1 Å². The molecule has 1 atom stereocenters. The first kappa shape index (κ1) is 16.6. The Labute approximate surface area is 135 Å². The summed E-state index contributed by atoms with van der Waals surface area (Å²) in [5, 5.41) is 12.1. The molecule has 4 heteroatoms. The number of amides is 1. The molecule has 116 valence electrons. The van der Waals surface area contributed by atoms with E-state index in [0.717, 1.165) is 22.6 Å². The Kier molecular flexibility index (Phi) is 6.04. The van der Waals surface area contributed by atoms with E-state index in [-0.39, 0.29) is 18.4 Å². The highest BCUT2D eigenvalue weighted by Crippen LogP contribution is 2.22. The largest absolute Gasteiger partial charge is 0.392 e. The number of thioether (sulfide) groups is 1. The molecule has 0 saturated heterocycles. The molecule has 2 aromatic rings. The third kappa shape index (κ3) is 4.61. The quantitative estimate of drug-likeness (QED) is 0.796. The fraction of sp³-hybridized carbons (Fsp3) is 0.278. The number of carbonyl (C=O) groups excluding carboxylic acids is 1. The van der Waals surface area contributed by atoms with Crippen molar-refractivity contribution in [3.63, 3.8) is 0 Å². The van der Waals surface area contributed by atoms with E-state index in [9.17, 15) is 9.90 Å². The van der Waals surface area contributed by atoms with Crippen LogP contribution in [0.2, 0.25) is 0 Å². The zero-order valence-electron chi connectivity index (χ0n) is 12.9. The summed E-state index contributed by atoms with van der Waals surface area (Å²) in [6, 6.07) is 15.7. The average molecular weight is 315 g/mol. The summed E-state index contributed by atoms with van der Waals surface area (Å²) in [5.74, 6) is 0.637. The van der Waals surface area contributed by atoms with Crippen molar-refractivity contribution in [2.24, 2.45) is 5.92 Å². The predicted octanol–water partition coefficient (Wildman–Crippen LogP) is 3.85. The van der Waals surface area contributed by atoms with Gasteiger partial charge in [0.2, 0.25) is 5.91 Å². The molecule has 0 aromatic heterocycles. The summed E-state index contributed by atoms with van der Waals surface area (Å²) in [6.45, 7) is 3.85. The first-order chi connectivity index (χ1) is 10.6. The average Bonchev–Trinajstić information content (AvgIpc) is 2.55. The normalized spacial score (nSPS) is 12.0. The van der Waals surface area contributed by atoms with Crippen molar-refractivity contribution in [3.8, 4) is 0 Å². The fourth-order valence-electron chi connectivity index (χ4n) is 1.97. The Hall–Kier alpha value is -1.78. The van der Waals surface area contributed by atoms with Gasteiger partial charge in [-0.05, 0) is 36.2 Å². The predicted molar refractivity (Wildman–Crippen MR) is 92.1 cm³/mol. The van der Waals surface area contributed by atoms with Crippen LogP contribution in [0.5, 0.6) is 0 Å². The van der Waals surface area contributed by atoms with Crippen molar-refractivity contribution in [1.29, 1.82) is 0 Å². The maximum absolute atomic E-state index is 12.3. The molecule has 0 bridgehead atoms. The number of carbonyl (C=O) groups is 1. The van der Waals surface area contributed by atoms with E-state index in [4.69, 9.17) is 0 Å². The molecule has 2 N–H and O–H groups in total. The SMILES string of the molecule is Cc1ccc(CO)cc1NC(=O)C(C)CSc1ccccc1. The molecule has 0 aliphatic carbocycles. The smallest absolute Gasteiger partial charge is 0.228 e. The standard InChI is InChI=1S/C18H21NO2S/c1-13-8-9-15(11-20)10-17(13)19-18(21)14(2)12-22-16-6-4-3-5-7-16/h3-10,14,20H,11-12H2,1-2H3,(H,19,21). The van der Waals surface area contributed by atoms with Crippen LogP contribution in [0.3, 0.4) is 0 Å². The summed E-state index contributed by atoms with van der Waals surface area (Å²) in [7, 11) is 0. The number of aryl methyl sites for hydroxylation is 1. The van der Waals surface area contributed by atoms with E-state index < -0.39 is 0 Å². The van der Waals surface area contributed by atoms with Crippen LogP contribution in [0.25, 0.3) is 0 Å². The van der Waals surface area contributed by atoms with Crippen molar-refractivity contribution in [2.45, 2.75) is 25.3 Å². The van der Waals surface area contributed by atoms with E-state index in [1.165, 1.54) is 4.90 Å². The molecule has 0 spiro atoms. The first-order valence-electron chi connectivity index (χ1n) is 7.29. The minimum Gasteiger partial charge on any atom is -0.392 e. The summed E-state index contributed by atoms with van der Waals surface area (Å²) in [6.07, 6.45) is 0. The number of aliphatic hydroxyl groups is 1. The van der Waals surface area contributed by atoms with Gasteiger partial charge in [0, 0.05) is 22.3 Å². The molecule has 3 nitrogen and oxygen atoms in total. The van der Waals surface area contributed by atoms with Crippen molar-refractivity contribution in [2.75, 3.05) is 11.1 Å². The highest BCUT2D eigenvalue weighted by molar-refractivity contribution is 7.99. The van der Waals surface area contributed by atoms with E-state index >= 15 is 0 Å². The lowest BCUT2D eigenvalue weighted by Gasteiger charge is -2.14. The first-order valence-corrected chi connectivity index (χ1v) is 8.28. The number of anilines is 1. The second kappa shape index (κ2) is 8.01. The van der Waals surface area contributed by atoms with E-state index in [2.05, 4.69) is 5.32 Å². The van der Waals surface area contributed by atoms with Gasteiger partial charge in [-0.1, -0.05) is 37.3 Å². The van der Waals surface area contributed by atoms with Crippen LogP contribution in [0, 0.1) is 12.8 Å². The van der Waals surface area contributed by atoms with Gasteiger partial charge in [-0.15, -0.1) is 11.8 Å². The van der Waals surface area contributed by atoms with Gasteiger partial charge in [-0.2, -0.15) is 0 Å². The van der Waals surface area contributed by atoms with E-state index in [1.807, 2.05) is 62.4 Å². The third-order valence-electron chi connectivity index (χ3n) is 3.43. The van der Waals surface area contributed by atoms with E-state index in [0.29, 0.717) is 0 Å². The molecule has 0 aliphatic heterocycles. The Morgan fingerprint density at radius 2 is 1.95 bits per heavy atom. The number of nitrogens with one attached hydrogen (secondary N) is 1. The van der Waals surface area contributed by atoms with E-state index in [1.54, 1.807) is 11.8 Å². The molecule has 0 heterocycles. The van der Waals surface area contributed by atoms with Gasteiger partial charge in [0.25, 0.3) is 0 Å². The molecule has 0 aliphatic rings. The molecule has 0 saturated carbocycles. The van der Waals surface area contributed by atoms with Crippen LogP contribution in [-0.2, 0) is 11.4 Å². The monoisotopic (exact) mass is 315 g/mol. The van der Waals surface area contributed by atoms with Crippen molar-refractivity contribution in [3.05, 3.63) is 59.7 Å². The Morgan fingerprint density at radius 3 is 2.64 bits per heavy atom. The molecular weight excluding hydrogens is 294 g/mol.